The van der Waals surface area contributed by atoms with E-state index in [0.717, 1.165) is 13.2 Å². The van der Waals surface area contributed by atoms with Crippen molar-refractivity contribution in [2.75, 3.05) is 26.8 Å². The molecule has 3 nitrogen and oxygen atoms in total. The highest BCUT2D eigenvalue weighted by atomic mass is 16.5. The van der Waals surface area contributed by atoms with Crippen LogP contribution in [0.1, 0.15) is 6.92 Å². The molecule has 1 aliphatic rings. The van der Waals surface area contributed by atoms with Gasteiger partial charge in [0.05, 0.1) is 19.3 Å². The molecule has 0 N–H and O–H groups in total. The van der Waals surface area contributed by atoms with Crippen molar-refractivity contribution in [1.29, 1.82) is 0 Å². The Morgan fingerprint density at radius 2 is 2.25 bits per heavy atom. The zero-order valence-electron chi connectivity index (χ0n) is 7.67. The maximum atomic E-state index is 10.9. The van der Waals surface area contributed by atoms with Gasteiger partial charge in [-0.25, -0.2) is 0 Å². The minimum absolute atomic E-state index is 0.0714. The summed E-state index contributed by atoms with van der Waals surface area (Å²) in [7, 11) is 1.99. The number of carbonyl (C=O) groups excluding carboxylic acids is 1. The molecule has 1 heterocycles. The first-order chi connectivity index (χ1) is 5.61. The Bertz CT molecular complexity index is 197. The van der Waals surface area contributed by atoms with Crippen LogP contribution in [-0.2, 0) is 9.53 Å². The molecule has 0 saturated carbocycles. The van der Waals surface area contributed by atoms with Gasteiger partial charge in [-0.1, -0.05) is 6.58 Å². The number of likely N-dealkylation sites (N-methyl/N-ethyl adjacent to an activating group) is 1. The summed E-state index contributed by atoms with van der Waals surface area (Å²) < 4.78 is 5.04. The Labute approximate surface area is 73.0 Å². The molecule has 0 aromatic rings. The Hall–Kier alpha value is -0.670. The van der Waals surface area contributed by atoms with Crippen LogP contribution < -0.4 is 0 Å². The van der Waals surface area contributed by atoms with E-state index in [-0.39, 0.29) is 5.78 Å². The summed E-state index contributed by atoms with van der Waals surface area (Å²) in [5.41, 5.74) is 0.671. The first kappa shape index (κ1) is 9.42. The van der Waals surface area contributed by atoms with Crippen molar-refractivity contribution in [1.82, 2.24) is 4.90 Å². The lowest BCUT2D eigenvalue weighted by Gasteiger charge is -2.34. The van der Waals surface area contributed by atoms with Gasteiger partial charge in [0.2, 0.25) is 0 Å². The predicted octanol–water partition coefficient (Wildman–Crippen LogP) is 0.462. The van der Waals surface area contributed by atoms with Crippen molar-refractivity contribution in [2.24, 2.45) is 0 Å². The van der Waals surface area contributed by atoms with Gasteiger partial charge < -0.3 is 4.74 Å². The lowest BCUT2D eigenvalue weighted by molar-refractivity contribution is -0.114. The van der Waals surface area contributed by atoms with E-state index in [9.17, 15) is 4.79 Å². The van der Waals surface area contributed by atoms with Crippen molar-refractivity contribution in [3.8, 4) is 0 Å². The van der Waals surface area contributed by atoms with Crippen LogP contribution in [0.4, 0.5) is 0 Å². The van der Waals surface area contributed by atoms with Gasteiger partial charge in [-0.05, 0) is 14.0 Å². The van der Waals surface area contributed by atoms with Crippen LogP contribution in [0, 0.1) is 0 Å². The number of nitrogens with zero attached hydrogens (tertiary/aromatic N) is 1. The molecule has 0 aromatic heterocycles. The number of Topliss-reactive ketones (excluding diaryl/α,β-unsaturated/α-hetero) is 1. The van der Waals surface area contributed by atoms with Gasteiger partial charge in [0.1, 0.15) is 0 Å². The molecule has 1 rings (SSSR count). The van der Waals surface area contributed by atoms with Crippen LogP contribution in [0.3, 0.4) is 0 Å². The van der Waals surface area contributed by atoms with Gasteiger partial charge in [-0.15, -0.1) is 0 Å². The van der Waals surface area contributed by atoms with Gasteiger partial charge in [0.15, 0.2) is 5.78 Å². The van der Waals surface area contributed by atoms with Gasteiger partial charge in [-0.3, -0.25) is 9.69 Å². The Kier molecular flexibility index (Phi) is 3.00. The lowest BCUT2D eigenvalue weighted by Crippen LogP contribution is -2.47. The van der Waals surface area contributed by atoms with Crippen molar-refractivity contribution in [3.05, 3.63) is 12.2 Å². The normalized spacial score (nSPS) is 17.6. The SMILES string of the molecule is C=C(CN(C)C1COC1)C(C)=O. The van der Waals surface area contributed by atoms with Gasteiger partial charge in [0.25, 0.3) is 0 Å². The van der Waals surface area contributed by atoms with E-state index < -0.39 is 0 Å². The summed E-state index contributed by atoms with van der Waals surface area (Å²) in [6.45, 7) is 7.47. The van der Waals surface area contributed by atoms with E-state index in [4.69, 9.17) is 4.74 Å². The number of carbonyl (C=O) groups is 1. The summed E-state index contributed by atoms with van der Waals surface area (Å²) in [6, 6.07) is 0.473. The summed E-state index contributed by atoms with van der Waals surface area (Å²) in [5.74, 6) is 0.0714. The monoisotopic (exact) mass is 169 g/mol. The van der Waals surface area contributed by atoms with E-state index in [1.807, 2.05) is 7.05 Å². The molecule has 0 aromatic carbocycles. The molecule has 12 heavy (non-hydrogen) atoms. The third-order valence-electron chi connectivity index (χ3n) is 2.18. The summed E-state index contributed by atoms with van der Waals surface area (Å²) >= 11 is 0. The highest BCUT2D eigenvalue weighted by Gasteiger charge is 2.23. The average molecular weight is 169 g/mol. The largest absolute Gasteiger partial charge is 0.378 e. The van der Waals surface area contributed by atoms with Crippen LogP contribution in [-0.4, -0.2) is 43.5 Å². The smallest absolute Gasteiger partial charge is 0.156 e. The number of hydrogen-bond acceptors (Lipinski definition) is 3. The van der Waals surface area contributed by atoms with E-state index >= 15 is 0 Å². The second-order valence-corrected chi connectivity index (χ2v) is 3.27. The lowest BCUT2D eigenvalue weighted by atomic mass is 10.1. The van der Waals surface area contributed by atoms with E-state index in [2.05, 4.69) is 11.5 Å². The summed E-state index contributed by atoms with van der Waals surface area (Å²) in [4.78, 5) is 13.0. The highest BCUT2D eigenvalue weighted by molar-refractivity contribution is 5.92. The number of ketones is 1. The van der Waals surface area contributed by atoms with E-state index in [0.29, 0.717) is 18.2 Å². The fourth-order valence-corrected chi connectivity index (χ4v) is 1.02. The molecule has 3 heteroatoms. The van der Waals surface area contributed by atoms with Crippen molar-refractivity contribution < 1.29 is 9.53 Å². The molecule has 0 bridgehead atoms. The van der Waals surface area contributed by atoms with Gasteiger partial charge in [-0.2, -0.15) is 0 Å². The molecular formula is C9H15NO2. The standard InChI is InChI=1S/C9H15NO2/c1-7(8(2)11)4-10(3)9-5-12-6-9/h9H,1,4-6H2,2-3H3. The van der Waals surface area contributed by atoms with Gasteiger partial charge in [0, 0.05) is 12.1 Å². The van der Waals surface area contributed by atoms with Crippen LogP contribution in [0.2, 0.25) is 0 Å². The Morgan fingerprint density at radius 1 is 1.67 bits per heavy atom. The first-order valence-electron chi connectivity index (χ1n) is 4.08. The molecule has 0 aliphatic carbocycles. The fraction of sp³-hybridized carbons (Fsp3) is 0.667. The molecule has 68 valence electrons. The molecule has 1 fully saturated rings. The average Bonchev–Trinajstić information content (AvgIpc) is 1.82. The molecular weight excluding hydrogens is 154 g/mol. The molecule has 0 atom stereocenters. The van der Waals surface area contributed by atoms with E-state index in [1.165, 1.54) is 0 Å². The summed E-state index contributed by atoms with van der Waals surface area (Å²) in [5, 5.41) is 0. The molecule has 0 spiro atoms. The topological polar surface area (TPSA) is 29.5 Å². The number of rotatable bonds is 4. The first-order valence-corrected chi connectivity index (χ1v) is 4.08. The maximum absolute atomic E-state index is 10.9. The summed E-state index contributed by atoms with van der Waals surface area (Å²) in [6.07, 6.45) is 0. The number of ether oxygens (including phenoxy) is 1. The zero-order valence-corrected chi connectivity index (χ0v) is 7.67. The highest BCUT2D eigenvalue weighted by Crippen LogP contribution is 2.09. The minimum Gasteiger partial charge on any atom is -0.378 e. The second kappa shape index (κ2) is 3.83. The number of hydrogen-bond donors (Lipinski definition) is 0. The molecule has 0 amide bonds. The van der Waals surface area contributed by atoms with Crippen LogP contribution in [0.25, 0.3) is 0 Å². The quantitative estimate of drug-likeness (QED) is 0.573. The van der Waals surface area contributed by atoms with Gasteiger partial charge >= 0.3 is 0 Å². The van der Waals surface area contributed by atoms with Crippen LogP contribution in [0.15, 0.2) is 12.2 Å². The van der Waals surface area contributed by atoms with Crippen molar-refractivity contribution >= 4 is 5.78 Å². The van der Waals surface area contributed by atoms with Crippen LogP contribution in [0.5, 0.6) is 0 Å². The molecule has 1 aliphatic heterocycles. The van der Waals surface area contributed by atoms with E-state index in [1.54, 1.807) is 6.92 Å². The van der Waals surface area contributed by atoms with Crippen LogP contribution >= 0.6 is 0 Å². The minimum atomic E-state index is 0.0714. The van der Waals surface area contributed by atoms with Crippen molar-refractivity contribution in [3.63, 3.8) is 0 Å². The second-order valence-electron chi connectivity index (χ2n) is 3.27. The maximum Gasteiger partial charge on any atom is 0.156 e. The predicted molar refractivity (Wildman–Crippen MR) is 47.1 cm³/mol. The molecule has 0 unspecified atom stereocenters. The Balaban J connectivity index is 2.29. The zero-order chi connectivity index (χ0) is 9.14. The Morgan fingerprint density at radius 3 is 2.58 bits per heavy atom. The molecule has 0 radical (unpaired) electrons. The van der Waals surface area contributed by atoms with Crippen molar-refractivity contribution in [2.45, 2.75) is 13.0 Å². The third-order valence-corrected chi connectivity index (χ3v) is 2.18. The molecule has 1 saturated heterocycles. The fourth-order valence-electron chi connectivity index (χ4n) is 1.02. The third kappa shape index (κ3) is 2.16.